The maximum atomic E-state index is 11.1. The first-order chi connectivity index (χ1) is 7.79. The molecule has 0 bridgehead atoms. The molecule has 0 unspecified atom stereocenters. The van der Waals surface area contributed by atoms with E-state index in [1.54, 1.807) is 0 Å². The lowest BCUT2D eigenvalue weighted by Crippen LogP contribution is -2.14. The van der Waals surface area contributed by atoms with E-state index in [-0.39, 0.29) is 12.4 Å². The predicted molar refractivity (Wildman–Crippen MR) is 60.6 cm³/mol. The van der Waals surface area contributed by atoms with Crippen LogP contribution in [0.1, 0.15) is 29.5 Å². The molecule has 0 atom stereocenters. The van der Waals surface area contributed by atoms with Crippen LogP contribution < -0.4 is 0 Å². The van der Waals surface area contributed by atoms with Gasteiger partial charge in [-0.3, -0.25) is 4.79 Å². The summed E-state index contributed by atoms with van der Waals surface area (Å²) < 4.78 is 9.93. The Morgan fingerprint density at radius 2 is 2.38 bits per heavy atom. The van der Waals surface area contributed by atoms with Crippen molar-refractivity contribution in [1.29, 1.82) is 0 Å². The van der Waals surface area contributed by atoms with E-state index in [0.29, 0.717) is 5.92 Å². The molecule has 1 aromatic rings. The second kappa shape index (κ2) is 5.41. The Hall–Kier alpha value is -0.940. The van der Waals surface area contributed by atoms with Crippen molar-refractivity contribution < 1.29 is 14.3 Å². The van der Waals surface area contributed by atoms with Crippen molar-refractivity contribution >= 4 is 17.3 Å². The smallest absolute Gasteiger partial charge is 0.312 e. The minimum atomic E-state index is -0.229. The van der Waals surface area contributed by atoms with Crippen LogP contribution in [0, 0.1) is 0 Å². The van der Waals surface area contributed by atoms with Gasteiger partial charge in [0.2, 0.25) is 0 Å². The molecule has 0 saturated carbocycles. The molecule has 0 N–H and O–H groups in total. The second-order valence-electron chi connectivity index (χ2n) is 3.81. The number of nitrogens with zero attached hydrogens (tertiary/aromatic N) is 1. The van der Waals surface area contributed by atoms with Crippen molar-refractivity contribution in [2.45, 2.75) is 25.2 Å². The largest absolute Gasteiger partial charge is 0.469 e. The number of methoxy groups -OCH3 is 1. The normalized spacial score (nSPS) is 17.3. The van der Waals surface area contributed by atoms with E-state index in [9.17, 15) is 4.79 Å². The summed E-state index contributed by atoms with van der Waals surface area (Å²) in [6.45, 7) is 1.63. The van der Waals surface area contributed by atoms with E-state index in [2.05, 4.69) is 9.72 Å². The van der Waals surface area contributed by atoms with Crippen molar-refractivity contribution in [3.8, 4) is 0 Å². The molecule has 1 aromatic heterocycles. The van der Waals surface area contributed by atoms with Gasteiger partial charge in [0.15, 0.2) is 0 Å². The number of aromatic nitrogens is 1. The zero-order valence-corrected chi connectivity index (χ0v) is 10.1. The fraction of sp³-hybridized carbons (Fsp3) is 0.636. The van der Waals surface area contributed by atoms with Gasteiger partial charge in [0, 0.05) is 24.5 Å². The van der Waals surface area contributed by atoms with Crippen molar-refractivity contribution in [1.82, 2.24) is 4.98 Å². The van der Waals surface area contributed by atoms with Crippen LogP contribution in [0.4, 0.5) is 0 Å². The standard InChI is InChI=1S/C11H15NO3S/c1-14-11(13)6-10-12-9(7-16-10)8-2-4-15-5-3-8/h7-8H,2-6H2,1H3. The maximum absolute atomic E-state index is 11.1. The van der Waals surface area contributed by atoms with Crippen LogP contribution in [0.25, 0.3) is 0 Å². The average molecular weight is 241 g/mol. The highest BCUT2D eigenvalue weighted by Gasteiger charge is 2.19. The van der Waals surface area contributed by atoms with E-state index in [4.69, 9.17) is 4.74 Å². The zero-order chi connectivity index (χ0) is 11.4. The summed E-state index contributed by atoms with van der Waals surface area (Å²) >= 11 is 1.53. The van der Waals surface area contributed by atoms with E-state index >= 15 is 0 Å². The number of thiazole rings is 1. The van der Waals surface area contributed by atoms with Gasteiger partial charge in [-0.1, -0.05) is 0 Å². The van der Waals surface area contributed by atoms with Crippen LogP contribution in [0.3, 0.4) is 0 Å². The molecule has 0 aromatic carbocycles. The minimum Gasteiger partial charge on any atom is -0.469 e. The Kier molecular flexibility index (Phi) is 3.90. The van der Waals surface area contributed by atoms with E-state index in [1.807, 2.05) is 5.38 Å². The number of esters is 1. The minimum absolute atomic E-state index is 0.229. The molecule has 0 radical (unpaired) electrons. The zero-order valence-electron chi connectivity index (χ0n) is 9.27. The molecule has 16 heavy (non-hydrogen) atoms. The van der Waals surface area contributed by atoms with Gasteiger partial charge in [-0.15, -0.1) is 11.3 Å². The third-order valence-corrected chi connectivity index (χ3v) is 3.60. The lowest BCUT2D eigenvalue weighted by molar-refractivity contribution is -0.139. The number of hydrogen-bond donors (Lipinski definition) is 0. The van der Waals surface area contributed by atoms with Gasteiger partial charge in [0.1, 0.15) is 5.01 Å². The highest BCUT2D eigenvalue weighted by molar-refractivity contribution is 7.09. The molecular weight excluding hydrogens is 226 g/mol. The highest BCUT2D eigenvalue weighted by Crippen LogP contribution is 2.27. The molecule has 88 valence electrons. The maximum Gasteiger partial charge on any atom is 0.312 e. The summed E-state index contributed by atoms with van der Waals surface area (Å²) in [4.78, 5) is 15.6. The van der Waals surface area contributed by atoms with Gasteiger partial charge < -0.3 is 9.47 Å². The Morgan fingerprint density at radius 1 is 1.62 bits per heavy atom. The molecule has 1 aliphatic rings. The van der Waals surface area contributed by atoms with Crippen LogP contribution in [-0.4, -0.2) is 31.3 Å². The first kappa shape index (κ1) is 11.5. The number of rotatable bonds is 3. The van der Waals surface area contributed by atoms with Crippen LogP contribution in [0.2, 0.25) is 0 Å². The monoisotopic (exact) mass is 241 g/mol. The van der Waals surface area contributed by atoms with Crippen molar-refractivity contribution in [2.24, 2.45) is 0 Å². The molecule has 1 aliphatic heterocycles. The fourth-order valence-electron chi connectivity index (χ4n) is 1.78. The summed E-state index contributed by atoms with van der Waals surface area (Å²) in [5, 5.41) is 2.89. The lowest BCUT2D eigenvalue weighted by Gasteiger charge is -2.19. The third-order valence-electron chi connectivity index (χ3n) is 2.73. The van der Waals surface area contributed by atoms with Crippen LogP contribution in [0.15, 0.2) is 5.38 Å². The molecule has 1 fully saturated rings. The van der Waals surface area contributed by atoms with Gasteiger partial charge in [-0.05, 0) is 12.8 Å². The van der Waals surface area contributed by atoms with E-state index < -0.39 is 0 Å². The number of carbonyl (C=O) groups excluding carboxylic acids is 1. The molecule has 0 amide bonds. The topological polar surface area (TPSA) is 48.4 Å². The van der Waals surface area contributed by atoms with Crippen LogP contribution in [0.5, 0.6) is 0 Å². The van der Waals surface area contributed by atoms with Gasteiger partial charge in [-0.25, -0.2) is 4.98 Å². The summed E-state index contributed by atoms with van der Waals surface area (Å²) in [5.41, 5.74) is 1.10. The summed E-state index contributed by atoms with van der Waals surface area (Å²) in [6.07, 6.45) is 2.34. The van der Waals surface area contributed by atoms with Gasteiger partial charge in [-0.2, -0.15) is 0 Å². The molecule has 5 heteroatoms. The summed E-state index contributed by atoms with van der Waals surface area (Å²) in [7, 11) is 1.40. The highest BCUT2D eigenvalue weighted by atomic mass is 32.1. The van der Waals surface area contributed by atoms with Crippen LogP contribution in [-0.2, 0) is 20.7 Å². The van der Waals surface area contributed by atoms with E-state index in [1.165, 1.54) is 18.4 Å². The first-order valence-electron chi connectivity index (χ1n) is 5.38. The van der Waals surface area contributed by atoms with Crippen molar-refractivity contribution in [3.63, 3.8) is 0 Å². The summed E-state index contributed by atoms with van der Waals surface area (Å²) in [6, 6.07) is 0. The SMILES string of the molecule is COC(=O)Cc1nc(C2CCOCC2)cs1. The Morgan fingerprint density at radius 3 is 3.06 bits per heavy atom. The predicted octanol–water partition coefficient (Wildman–Crippen LogP) is 1.75. The average Bonchev–Trinajstić information content (AvgIpc) is 2.78. The van der Waals surface area contributed by atoms with Gasteiger partial charge in [0.05, 0.1) is 19.2 Å². The quantitative estimate of drug-likeness (QED) is 0.756. The summed E-state index contributed by atoms with van der Waals surface area (Å²) in [5.74, 6) is 0.268. The van der Waals surface area contributed by atoms with Crippen LogP contribution >= 0.6 is 11.3 Å². The molecule has 4 nitrogen and oxygen atoms in total. The number of hydrogen-bond acceptors (Lipinski definition) is 5. The molecule has 1 saturated heterocycles. The van der Waals surface area contributed by atoms with Crippen molar-refractivity contribution in [3.05, 3.63) is 16.1 Å². The molecular formula is C11H15NO3S. The third kappa shape index (κ3) is 2.80. The van der Waals surface area contributed by atoms with Crippen molar-refractivity contribution in [2.75, 3.05) is 20.3 Å². The number of carbonyl (C=O) groups is 1. The number of ether oxygens (including phenoxy) is 2. The lowest BCUT2D eigenvalue weighted by atomic mass is 9.98. The first-order valence-corrected chi connectivity index (χ1v) is 6.26. The molecule has 2 heterocycles. The Labute approximate surface area is 98.6 Å². The van der Waals surface area contributed by atoms with E-state index in [0.717, 1.165) is 36.8 Å². The second-order valence-corrected chi connectivity index (χ2v) is 4.75. The molecule has 0 spiro atoms. The Balaban J connectivity index is 1.98. The molecule has 2 rings (SSSR count). The molecule has 0 aliphatic carbocycles. The van der Waals surface area contributed by atoms with Gasteiger partial charge in [0.25, 0.3) is 0 Å². The van der Waals surface area contributed by atoms with Gasteiger partial charge >= 0.3 is 5.97 Å². The Bertz CT molecular complexity index is 358. The fourth-order valence-corrected chi connectivity index (χ4v) is 2.64.